The van der Waals surface area contributed by atoms with Crippen molar-refractivity contribution in [2.75, 3.05) is 5.32 Å². The number of fused-ring (bicyclic) bond motifs is 1. The van der Waals surface area contributed by atoms with E-state index < -0.39 is 0 Å². The largest absolute Gasteiger partial charge is 0.338 e. The van der Waals surface area contributed by atoms with Crippen LogP contribution in [0.2, 0.25) is 0 Å². The van der Waals surface area contributed by atoms with E-state index in [9.17, 15) is 4.79 Å². The van der Waals surface area contributed by atoms with Gasteiger partial charge in [-0.3, -0.25) is 4.79 Å². The van der Waals surface area contributed by atoms with Crippen LogP contribution in [0.4, 0.5) is 5.69 Å². The van der Waals surface area contributed by atoms with E-state index >= 15 is 0 Å². The van der Waals surface area contributed by atoms with Gasteiger partial charge in [0.1, 0.15) is 5.82 Å². The van der Waals surface area contributed by atoms with Crippen LogP contribution in [0.3, 0.4) is 0 Å². The number of hydrogen-bond donors (Lipinski definition) is 2. The van der Waals surface area contributed by atoms with Gasteiger partial charge in [0.15, 0.2) is 0 Å². The second-order valence-corrected chi connectivity index (χ2v) is 4.52. The minimum absolute atomic E-state index is 0.657. The molecule has 5 heteroatoms. The molecule has 1 aromatic carbocycles. The summed E-state index contributed by atoms with van der Waals surface area (Å²) >= 11 is 1.52. The molecule has 2 aromatic rings. The molecule has 0 saturated carbocycles. The molecule has 0 aliphatic carbocycles. The molecule has 0 spiro atoms. The molecule has 2 N–H and O–H groups in total. The summed E-state index contributed by atoms with van der Waals surface area (Å²) in [6, 6.07) is 5.54. The Morgan fingerprint density at radius 3 is 3.11 bits per heavy atom. The van der Waals surface area contributed by atoms with Gasteiger partial charge in [-0.2, -0.15) is 0 Å². The van der Waals surface area contributed by atoms with Crippen LogP contribution in [0.15, 0.2) is 35.6 Å². The van der Waals surface area contributed by atoms with E-state index in [4.69, 9.17) is 0 Å². The van der Waals surface area contributed by atoms with E-state index in [-0.39, 0.29) is 0 Å². The lowest BCUT2D eigenvalue weighted by molar-refractivity contribution is -0.105. The van der Waals surface area contributed by atoms with Gasteiger partial charge in [-0.1, -0.05) is 6.58 Å². The molecule has 2 rings (SSSR count). The zero-order valence-corrected chi connectivity index (χ0v) is 10.8. The highest BCUT2D eigenvalue weighted by molar-refractivity contribution is 8.05. The zero-order chi connectivity index (χ0) is 13.0. The lowest BCUT2D eigenvalue weighted by Gasteiger charge is -1.96. The Morgan fingerprint density at radius 2 is 2.39 bits per heavy atom. The van der Waals surface area contributed by atoms with Crippen LogP contribution in [0, 0.1) is 0 Å². The van der Waals surface area contributed by atoms with Crippen molar-refractivity contribution < 1.29 is 4.79 Å². The molecule has 1 aromatic heterocycles. The van der Waals surface area contributed by atoms with Gasteiger partial charge in [-0.15, -0.1) is 11.8 Å². The van der Waals surface area contributed by atoms with Crippen molar-refractivity contribution >= 4 is 40.5 Å². The molecule has 92 valence electrons. The number of anilines is 1. The highest BCUT2D eigenvalue weighted by Crippen LogP contribution is 2.21. The highest BCUT2D eigenvalue weighted by Gasteiger charge is 2.04. The van der Waals surface area contributed by atoms with Crippen LogP contribution in [0.1, 0.15) is 12.7 Å². The van der Waals surface area contributed by atoms with Crippen molar-refractivity contribution in [2.24, 2.45) is 0 Å². The van der Waals surface area contributed by atoms with Gasteiger partial charge in [-0.05, 0) is 41.5 Å². The number of benzene rings is 1. The van der Waals surface area contributed by atoms with Gasteiger partial charge in [0.05, 0.1) is 11.0 Å². The first-order valence-electron chi connectivity index (χ1n) is 5.38. The van der Waals surface area contributed by atoms with Crippen molar-refractivity contribution in [1.29, 1.82) is 0 Å². The maximum absolute atomic E-state index is 10.4. The lowest BCUT2D eigenvalue weighted by Crippen LogP contribution is -1.92. The van der Waals surface area contributed by atoms with Gasteiger partial charge in [0.25, 0.3) is 0 Å². The molecule has 0 aliphatic heterocycles. The third kappa shape index (κ3) is 2.62. The van der Waals surface area contributed by atoms with E-state index in [1.54, 1.807) is 5.41 Å². The Morgan fingerprint density at radius 1 is 1.56 bits per heavy atom. The quantitative estimate of drug-likeness (QED) is 0.809. The molecule has 1 heterocycles. The summed E-state index contributed by atoms with van der Waals surface area (Å²) in [6.45, 7) is 5.63. The fourth-order valence-electron chi connectivity index (χ4n) is 1.56. The highest BCUT2D eigenvalue weighted by atomic mass is 32.2. The third-order valence-corrected chi connectivity index (χ3v) is 3.10. The average molecular weight is 259 g/mol. The number of amides is 1. The maximum Gasteiger partial charge on any atom is 0.211 e. The lowest BCUT2D eigenvalue weighted by atomic mass is 10.3. The first-order chi connectivity index (χ1) is 8.74. The fourth-order valence-corrected chi connectivity index (χ4v) is 1.97. The summed E-state index contributed by atoms with van der Waals surface area (Å²) < 4.78 is 0. The Labute approximate surface area is 109 Å². The van der Waals surface area contributed by atoms with Gasteiger partial charge in [-0.25, -0.2) is 4.98 Å². The number of thioether (sulfide) groups is 1. The van der Waals surface area contributed by atoms with Crippen molar-refractivity contribution in [3.05, 3.63) is 41.4 Å². The van der Waals surface area contributed by atoms with Gasteiger partial charge in [0.2, 0.25) is 6.41 Å². The van der Waals surface area contributed by atoms with Crippen molar-refractivity contribution in [3.63, 3.8) is 0 Å². The Kier molecular flexibility index (Phi) is 3.84. The number of H-pyrrole nitrogens is 1. The average Bonchev–Trinajstić information content (AvgIpc) is 2.79. The molecule has 0 bridgehead atoms. The third-order valence-electron chi connectivity index (χ3n) is 2.42. The summed E-state index contributed by atoms with van der Waals surface area (Å²) in [5.74, 6) is 0.822. The number of imidazole rings is 1. The Balaban J connectivity index is 2.37. The molecule has 0 fully saturated rings. The SMILES string of the molecule is C=CS/C=C(\C)c1nc2ccc(NC=O)cc2[nH]1. The van der Waals surface area contributed by atoms with Crippen molar-refractivity contribution in [3.8, 4) is 0 Å². The standard InChI is InChI=1S/C13H13N3OS/c1-3-18-7-9(2)13-15-11-5-4-10(14-8-17)6-12(11)16-13/h3-8H,1H2,2H3,(H,14,17)(H,15,16)/b9-7+. The van der Waals surface area contributed by atoms with Crippen molar-refractivity contribution in [1.82, 2.24) is 9.97 Å². The summed E-state index contributed by atoms with van der Waals surface area (Å²) in [5.41, 5.74) is 3.56. The minimum atomic E-state index is 0.657. The number of aromatic nitrogens is 2. The van der Waals surface area contributed by atoms with E-state index in [2.05, 4.69) is 21.9 Å². The summed E-state index contributed by atoms with van der Waals surface area (Å²) in [4.78, 5) is 18.1. The van der Waals surface area contributed by atoms with Crippen LogP contribution in [-0.4, -0.2) is 16.4 Å². The molecule has 4 nitrogen and oxygen atoms in total. The van der Waals surface area contributed by atoms with Gasteiger partial charge in [0, 0.05) is 5.69 Å². The molecule has 0 radical (unpaired) electrons. The topological polar surface area (TPSA) is 57.8 Å². The Hall–Kier alpha value is -2.01. The van der Waals surface area contributed by atoms with Crippen molar-refractivity contribution in [2.45, 2.75) is 6.92 Å². The molecule has 0 saturated heterocycles. The molecule has 0 atom stereocenters. The fraction of sp³-hybridized carbons (Fsp3) is 0.0769. The van der Waals surface area contributed by atoms with E-state index in [0.29, 0.717) is 6.41 Å². The second kappa shape index (κ2) is 5.55. The monoisotopic (exact) mass is 259 g/mol. The second-order valence-electron chi connectivity index (χ2n) is 3.68. The molecule has 1 amide bonds. The summed E-state index contributed by atoms with van der Waals surface area (Å²) in [6.07, 6.45) is 0.657. The number of nitrogens with one attached hydrogen (secondary N) is 2. The normalized spacial score (nSPS) is 11.5. The predicted octanol–water partition coefficient (Wildman–Crippen LogP) is 3.37. The number of nitrogens with zero attached hydrogens (tertiary/aromatic N) is 1. The van der Waals surface area contributed by atoms with Crippen LogP contribution in [0.5, 0.6) is 0 Å². The smallest absolute Gasteiger partial charge is 0.211 e. The van der Waals surface area contributed by atoms with Crippen LogP contribution >= 0.6 is 11.8 Å². The summed E-state index contributed by atoms with van der Waals surface area (Å²) in [7, 11) is 0. The molecule has 0 aliphatic rings. The van der Waals surface area contributed by atoms with Gasteiger partial charge >= 0.3 is 0 Å². The number of hydrogen-bond acceptors (Lipinski definition) is 3. The van der Waals surface area contributed by atoms with E-state index in [0.717, 1.165) is 28.1 Å². The van der Waals surface area contributed by atoms with E-state index in [1.807, 2.05) is 30.5 Å². The number of carbonyl (C=O) groups is 1. The van der Waals surface area contributed by atoms with Gasteiger partial charge < -0.3 is 10.3 Å². The minimum Gasteiger partial charge on any atom is -0.338 e. The molecular weight excluding hydrogens is 246 g/mol. The number of allylic oxidation sites excluding steroid dienone is 1. The number of carbonyl (C=O) groups excluding carboxylic acids is 1. The molecular formula is C13H13N3OS. The van der Waals surface area contributed by atoms with Crippen LogP contribution in [0.25, 0.3) is 16.6 Å². The first-order valence-corrected chi connectivity index (χ1v) is 6.32. The Bertz CT molecular complexity index is 616. The van der Waals surface area contributed by atoms with E-state index in [1.165, 1.54) is 11.8 Å². The van der Waals surface area contributed by atoms with Crippen LogP contribution < -0.4 is 5.32 Å². The summed E-state index contributed by atoms with van der Waals surface area (Å²) in [5, 5.41) is 6.36. The van der Waals surface area contributed by atoms with Crippen LogP contribution in [-0.2, 0) is 4.79 Å². The maximum atomic E-state index is 10.4. The number of rotatable bonds is 5. The molecule has 0 unspecified atom stereocenters. The predicted molar refractivity (Wildman–Crippen MR) is 77.2 cm³/mol. The number of aromatic amines is 1. The zero-order valence-electron chi connectivity index (χ0n) is 9.93. The first kappa shape index (κ1) is 12.4. The molecule has 18 heavy (non-hydrogen) atoms.